The first kappa shape index (κ1) is 17.0. The third-order valence-corrected chi connectivity index (χ3v) is 3.68. The topological polar surface area (TPSA) is 82.4 Å². The van der Waals surface area contributed by atoms with Crippen molar-refractivity contribution < 1.29 is 19.4 Å². The molecule has 0 bridgehead atoms. The van der Waals surface area contributed by atoms with E-state index in [1.165, 1.54) is 5.01 Å². The van der Waals surface area contributed by atoms with E-state index in [-0.39, 0.29) is 18.0 Å². The van der Waals surface area contributed by atoms with Gasteiger partial charge >= 0.3 is 5.97 Å². The SMILES string of the molecule is COCCCN(C)C(=O)[C@H]1CC(C(=O)O)=NN1c1ccccc1. The van der Waals surface area contributed by atoms with Crippen LogP contribution >= 0.6 is 0 Å². The average Bonchev–Trinajstić information content (AvgIpc) is 3.00. The maximum Gasteiger partial charge on any atom is 0.352 e. The fourth-order valence-corrected chi connectivity index (χ4v) is 2.46. The fraction of sp³-hybridized carbons (Fsp3) is 0.438. The number of hydrogen-bond acceptors (Lipinski definition) is 5. The lowest BCUT2D eigenvalue weighted by Gasteiger charge is -2.27. The smallest absolute Gasteiger partial charge is 0.352 e. The quantitative estimate of drug-likeness (QED) is 0.764. The van der Waals surface area contributed by atoms with Crippen molar-refractivity contribution in [1.82, 2.24) is 4.90 Å². The van der Waals surface area contributed by atoms with Gasteiger partial charge in [0, 0.05) is 33.7 Å². The molecule has 1 N–H and O–H groups in total. The van der Waals surface area contributed by atoms with Gasteiger partial charge in [-0.25, -0.2) is 4.79 Å². The number of carbonyl (C=O) groups excluding carboxylic acids is 1. The molecule has 0 saturated carbocycles. The molecule has 0 spiro atoms. The molecule has 1 atom stereocenters. The molecule has 1 heterocycles. The van der Waals surface area contributed by atoms with Gasteiger partial charge in [-0.05, 0) is 18.6 Å². The second-order valence-electron chi connectivity index (χ2n) is 5.36. The molecule has 23 heavy (non-hydrogen) atoms. The van der Waals surface area contributed by atoms with Crippen LogP contribution in [0.25, 0.3) is 0 Å². The van der Waals surface area contributed by atoms with Crippen LogP contribution in [0.1, 0.15) is 12.8 Å². The number of methoxy groups -OCH3 is 1. The minimum Gasteiger partial charge on any atom is -0.477 e. The van der Waals surface area contributed by atoms with Crippen LogP contribution in [0.3, 0.4) is 0 Å². The Hall–Kier alpha value is -2.41. The monoisotopic (exact) mass is 319 g/mol. The zero-order valence-corrected chi connectivity index (χ0v) is 13.3. The molecule has 0 aromatic heterocycles. The first-order valence-corrected chi connectivity index (χ1v) is 7.43. The summed E-state index contributed by atoms with van der Waals surface area (Å²) in [6.45, 7) is 1.12. The third kappa shape index (κ3) is 4.07. The second-order valence-corrected chi connectivity index (χ2v) is 5.36. The van der Waals surface area contributed by atoms with Gasteiger partial charge in [0.25, 0.3) is 0 Å². The first-order valence-electron chi connectivity index (χ1n) is 7.43. The van der Waals surface area contributed by atoms with Crippen LogP contribution in [0.5, 0.6) is 0 Å². The summed E-state index contributed by atoms with van der Waals surface area (Å²) < 4.78 is 4.99. The van der Waals surface area contributed by atoms with E-state index < -0.39 is 12.0 Å². The van der Waals surface area contributed by atoms with E-state index in [1.807, 2.05) is 18.2 Å². The highest BCUT2D eigenvalue weighted by Crippen LogP contribution is 2.25. The molecule has 124 valence electrons. The summed E-state index contributed by atoms with van der Waals surface area (Å²) >= 11 is 0. The maximum absolute atomic E-state index is 12.7. The van der Waals surface area contributed by atoms with Gasteiger partial charge in [-0.15, -0.1) is 0 Å². The van der Waals surface area contributed by atoms with Crippen LogP contribution in [-0.4, -0.2) is 60.9 Å². The summed E-state index contributed by atoms with van der Waals surface area (Å²) in [5.74, 6) is -1.24. The minimum absolute atomic E-state index is 0.00232. The van der Waals surface area contributed by atoms with E-state index in [2.05, 4.69) is 5.10 Å². The lowest BCUT2D eigenvalue weighted by molar-refractivity contribution is -0.131. The Balaban J connectivity index is 2.16. The van der Waals surface area contributed by atoms with Crippen molar-refractivity contribution in [3.8, 4) is 0 Å². The van der Waals surface area contributed by atoms with Crippen LogP contribution in [0.15, 0.2) is 35.4 Å². The molecule has 1 amide bonds. The molecule has 1 aromatic carbocycles. The molecular weight excluding hydrogens is 298 g/mol. The molecule has 1 aliphatic heterocycles. The van der Waals surface area contributed by atoms with Crippen molar-refractivity contribution in [3.05, 3.63) is 30.3 Å². The number of nitrogens with zero attached hydrogens (tertiary/aromatic N) is 3. The molecule has 0 saturated heterocycles. The number of hydrazone groups is 1. The number of carboxylic acid groups (broad SMARTS) is 1. The van der Waals surface area contributed by atoms with E-state index in [4.69, 9.17) is 4.74 Å². The van der Waals surface area contributed by atoms with Crippen LogP contribution < -0.4 is 5.01 Å². The van der Waals surface area contributed by atoms with Gasteiger partial charge in [0.2, 0.25) is 5.91 Å². The number of para-hydroxylation sites is 1. The number of amides is 1. The average molecular weight is 319 g/mol. The highest BCUT2D eigenvalue weighted by Gasteiger charge is 2.37. The van der Waals surface area contributed by atoms with Crippen molar-refractivity contribution in [2.75, 3.05) is 32.3 Å². The molecular formula is C16H21N3O4. The van der Waals surface area contributed by atoms with Gasteiger partial charge in [-0.2, -0.15) is 5.10 Å². The lowest BCUT2D eigenvalue weighted by Crippen LogP contribution is -2.44. The van der Waals surface area contributed by atoms with Crippen molar-refractivity contribution in [2.24, 2.45) is 5.10 Å². The summed E-state index contributed by atoms with van der Waals surface area (Å²) in [6, 6.07) is 8.49. The lowest BCUT2D eigenvalue weighted by atomic mass is 10.1. The number of benzene rings is 1. The van der Waals surface area contributed by atoms with Crippen LogP contribution in [-0.2, 0) is 14.3 Å². The highest BCUT2D eigenvalue weighted by atomic mass is 16.5. The number of hydrogen-bond donors (Lipinski definition) is 1. The van der Waals surface area contributed by atoms with Crippen molar-refractivity contribution in [2.45, 2.75) is 18.9 Å². The summed E-state index contributed by atoms with van der Waals surface area (Å²) in [6.07, 6.45) is 0.821. The van der Waals surface area contributed by atoms with Gasteiger partial charge < -0.3 is 14.7 Å². The van der Waals surface area contributed by atoms with E-state index in [0.29, 0.717) is 18.8 Å². The Kier molecular flexibility index (Phi) is 5.70. The highest BCUT2D eigenvalue weighted by molar-refractivity contribution is 6.37. The van der Waals surface area contributed by atoms with E-state index in [9.17, 15) is 14.7 Å². The van der Waals surface area contributed by atoms with Crippen molar-refractivity contribution in [3.63, 3.8) is 0 Å². The van der Waals surface area contributed by atoms with Crippen LogP contribution in [0.4, 0.5) is 5.69 Å². The van der Waals surface area contributed by atoms with Gasteiger partial charge in [0.15, 0.2) is 0 Å². The number of aliphatic carboxylic acids is 1. The molecule has 2 rings (SSSR count). The van der Waals surface area contributed by atoms with Crippen LogP contribution in [0.2, 0.25) is 0 Å². The molecule has 0 fully saturated rings. The number of carbonyl (C=O) groups is 2. The summed E-state index contributed by atoms with van der Waals surface area (Å²) in [5.41, 5.74) is 0.699. The van der Waals surface area contributed by atoms with Gasteiger partial charge in [-0.1, -0.05) is 18.2 Å². The Bertz CT molecular complexity index is 588. The molecule has 1 aromatic rings. The normalized spacial score (nSPS) is 17.0. The van der Waals surface area contributed by atoms with Gasteiger partial charge in [-0.3, -0.25) is 9.80 Å². The molecule has 0 radical (unpaired) electrons. The zero-order chi connectivity index (χ0) is 16.8. The zero-order valence-electron chi connectivity index (χ0n) is 13.3. The number of rotatable bonds is 7. The number of carboxylic acids is 1. The summed E-state index contributed by atoms with van der Waals surface area (Å²) in [5, 5.41) is 14.8. The van der Waals surface area contributed by atoms with Crippen molar-refractivity contribution in [1.29, 1.82) is 0 Å². The maximum atomic E-state index is 12.7. The molecule has 7 nitrogen and oxygen atoms in total. The summed E-state index contributed by atoms with van der Waals surface area (Å²) in [4.78, 5) is 25.5. The van der Waals surface area contributed by atoms with Crippen LogP contribution in [0, 0.1) is 0 Å². The summed E-state index contributed by atoms with van der Waals surface area (Å²) in [7, 11) is 3.32. The number of likely N-dealkylation sites (N-methyl/N-ethyl adjacent to an activating group) is 1. The number of anilines is 1. The van der Waals surface area contributed by atoms with Gasteiger partial charge in [0.1, 0.15) is 11.8 Å². The fourth-order valence-electron chi connectivity index (χ4n) is 2.46. The Morgan fingerprint density at radius 2 is 2.09 bits per heavy atom. The molecule has 0 unspecified atom stereocenters. The van der Waals surface area contributed by atoms with Gasteiger partial charge in [0.05, 0.1) is 5.69 Å². The Morgan fingerprint density at radius 1 is 1.39 bits per heavy atom. The molecule has 1 aliphatic rings. The van der Waals surface area contributed by atoms with E-state index >= 15 is 0 Å². The van der Waals surface area contributed by atoms with Crippen molar-refractivity contribution >= 4 is 23.3 Å². The Morgan fingerprint density at radius 3 is 2.70 bits per heavy atom. The predicted octanol–water partition coefficient (Wildman–Crippen LogP) is 1.20. The number of ether oxygens (including phenoxy) is 1. The largest absolute Gasteiger partial charge is 0.477 e. The predicted molar refractivity (Wildman–Crippen MR) is 86.5 cm³/mol. The molecule has 7 heteroatoms. The minimum atomic E-state index is -1.09. The van der Waals surface area contributed by atoms with E-state index in [1.54, 1.807) is 31.2 Å². The third-order valence-electron chi connectivity index (χ3n) is 3.68. The Labute approximate surface area is 135 Å². The molecule has 0 aliphatic carbocycles. The second kappa shape index (κ2) is 7.73. The van der Waals surface area contributed by atoms with E-state index in [0.717, 1.165) is 6.42 Å². The first-order chi connectivity index (χ1) is 11.0. The standard InChI is InChI=1S/C16H21N3O4/c1-18(9-6-10-23-2)15(20)14-11-13(16(21)22)17-19(14)12-7-4-3-5-8-12/h3-5,7-8,14H,6,9-11H2,1-2H3,(H,21,22)/t14-/m1/s1.